The van der Waals surface area contributed by atoms with Crippen molar-refractivity contribution in [3.05, 3.63) is 34.9 Å². The van der Waals surface area contributed by atoms with Crippen molar-refractivity contribution < 1.29 is 9.90 Å². The quantitative estimate of drug-likeness (QED) is 0.824. The second-order valence-electron chi connectivity index (χ2n) is 4.86. The predicted octanol–water partition coefficient (Wildman–Crippen LogP) is 2.85. The van der Waals surface area contributed by atoms with Crippen LogP contribution in [0.3, 0.4) is 0 Å². The normalized spacial score (nSPS) is 11.2. The van der Waals surface area contributed by atoms with Crippen LogP contribution in [0.2, 0.25) is 0 Å². The van der Waals surface area contributed by atoms with Gasteiger partial charge in [-0.1, -0.05) is 37.6 Å². The van der Waals surface area contributed by atoms with Gasteiger partial charge in [0.2, 0.25) is 0 Å². The predicted molar refractivity (Wildman–Crippen MR) is 65.0 cm³/mol. The van der Waals surface area contributed by atoms with Gasteiger partial charge in [0.15, 0.2) is 0 Å². The van der Waals surface area contributed by atoms with E-state index in [1.165, 1.54) is 16.7 Å². The first-order valence-electron chi connectivity index (χ1n) is 5.37. The first kappa shape index (κ1) is 12.6. The van der Waals surface area contributed by atoms with Crippen LogP contribution in [0, 0.1) is 13.8 Å². The lowest BCUT2D eigenvalue weighted by atomic mass is 9.81. The third-order valence-electron chi connectivity index (χ3n) is 2.79. The summed E-state index contributed by atoms with van der Waals surface area (Å²) in [5, 5.41) is 11.1. The number of carbonyl (C=O) groups is 1. The second kappa shape index (κ2) is 4.56. The molecule has 0 atom stereocenters. The van der Waals surface area contributed by atoms with Crippen LogP contribution in [0.25, 0.3) is 0 Å². The molecule has 0 aliphatic heterocycles. The lowest BCUT2D eigenvalue weighted by molar-refractivity contribution is 0.192. The molecular formula is C13H19NO2. The van der Waals surface area contributed by atoms with Crippen molar-refractivity contribution in [2.24, 2.45) is 0 Å². The van der Waals surface area contributed by atoms with E-state index in [1.807, 2.05) is 13.8 Å². The van der Waals surface area contributed by atoms with Gasteiger partial charge in [-0.05, 0) is 25.0 Å². The summed E-state index contributed by atoms with van der Waals surface area (Å²) in [4.78, 5) is 10.5. The van der Waals surface area contributed by atoms with E-state index < -0.39 is 6.09 Å². The molecule has 2 N–H and O–H groups in total. The molecule has 3 nitrogen and oxygen atoms in total. The highest BCUT2D eigenvalue weighted by molar-refractivity contribution is 5.64. The molecule has 1 rings (SSSR count). The monoisotopic (exact) mass is 221 g/mol. The van der Waals surface area contributed by atoms with Crippen LogP contribution >= 0.6 is 0 Å². The Morgan fingerprint density at radius 3 is 2.50 bits per heavy atom. The minimum atomic E-state index is -0.974. The Balaban J connectivity index is 2.92. The van der Waals surface area contributed by atoms with Crippen molar-refractivity contribution >= 4 is 6.09 Å². The zero-order chi connectivity index (χ0) is 12.3. The molecule has 88 valence electrons. The molecule has 3 heteroatoms. The van der Waals surface area contributed by atoms with E-state index in [9.17, 15) is 4.79 Å². The van der Waals surface area contributed by atoms with E-state index in [4.69, 9.17) is 5.11 Å². The van der Waals surface area contributed by atoms with Crippen LogP contribution in [0.1, 0.15) is 30.5 Å². The molecule has 1 aromatic carbocycles. The molecule has 0 radical (unpaired) electrons. The molecule has 0 heterocycles. The number of nitrogens with one attached hydrogen (secondary N) is 1. The topological polar surface area (TPSA) is 49.3 Å². The molecule has 1 amide bonds. The van der Waals surface area contributed by atoms with Crippen molar-refractivity contribution in [1.82, 2.24) is 5.32 Å². The average molecular weight is 221 g/mol. The van der Waals surface area contributed by atoms with Crippen LogP contribution in [-0.2, 0) is 5.41 Å². The summed E-state index contributed by atoms with van der Waals surface area (Å²) in [7, 11) is 0. The average Bonchev–Trinajstić information content (AvgIpc) is 2.14. The smallest absolute Gasteiger partial charge is 0.404 e. The highest BCUT2D eigenvalue weighted by Crippen LogP contribution is 2.26. The van der Waals surface area contributed by atoms with E-state index in [-0.39, 0.29) is 5.41 Å². The van der Waals surface area contributed by atoms with Gasteiger partial charge in [0.25, 0.3) is 0 Å². The molecule has 0 aliphatic carbocycles. The number of benzene rings is 1. The molecule has 0 unspecified atom stereocenters. The van der Waals surface area contributed by atoms with E-state index in [0.29, 0.717) is 6.54 Å². The van der Waals surface area contributed by atoms with Crippen LogP contribution in [0.4, 0.5) is 4.79 Å². The second-order valence-corrected chi connectivity index (χ2v) is 4.86. The third-order valence-corrected chi connectivity index (χ3v) is 2.79. The number of rotatable bonds is 3. The highest BCUT2D eigenvalue weighted by Gasteiger charge is 2.22. The van der Waals surface area contributed by atoms with Gasteiger partial charge >= 0.3 is 6.09 Å². The number of aryl methyl sites for hydroxylation is 2. The van der Waals surface area contributed by atoms with Gasteiger partial charge in [-0.3, -0.25) is 0 Å². The maximum Gasteiger partial charge on any atom is 0.404 e. The summed E-state index contributed by atoms with van der Waals surface area (Å²) in [5.74, 6) is 0. The maximum absolute atomic E-state index is 10.5. The molecule has 16 heavy (non-hydrogen) atoms. The van der Waals surface area contributed by atoms with Crippen molar-refractivity contribution in [3.8, 4) is 0 Å². The van der Waals surface area contributed by atoms with Gasteiger partial charge in [-0.15, -0.1) is 0 Å². The van der Waals surface area contributed by atoms with Crippen molar-refractivity contribution in [3.63, 3.8) is 0 Å². The van der Waals surface area contributed by atoms with Gasteiger partial charge in [0.05, 0.1) is 0 Å². The Kier molecular flexibility index (Phi) is 3.58. The van der Waals surface area contributed by atoms with E-state index in [1.54, 1.807) is 0 Å². The van der Waals surface area contributed by atoms with Crippen molar-refractivity contribution in [2.75, 3.05) is 6.54 Å². The largest absolute Gasteiger partial charge is 0.465 e. The number of amides is 1. The van der Waals surface area contributed by atoms with Crippen LogP contribution in [-0.4, -0.2) is 17.7 Å². The summed E-state index contributed by atoms with van der Waals surface area (Å²) in [5.41, 5.74) is 3.43. The number of hydrogen-bond acceptors (Lipinski definition) is 1. The Morgan fingerprint density at radius 1 is 1.38 bits per heavy atom. The Bertz CT molecular complexity index is 397. The van der Waals surface area contributed by atoms with Crippen LogP contribution < -0.4 is 5.32 Å². The molecule has 0 fully saturated rings. The minimum absolute atomic E-state index is 0.184. The maximum atomic E-state index is 10.5. The summed E-state index contributed by atoms with van der Waals surface area (Å²) in [6.07, 6.45) is -0.974. The van der Waals surface area contributed by atoms with Gasteiger partial charge < -0.3 is 10.4 Å². The lowest BCUT2D eigenvalue weighted by Gasteiger charge is -2.27. The van der Waals surface area contributed by atoms with Crippen molar-refractivity contribution in [2.45, 2.75) is 33.1 Å². The van der Waals surface area contributed by atoms with Crippen molar-refractivity contribution in [1.29, 1.82) is 0 Å². The van der Waals surface area contributed by atoms with E-state index >= 15 is 0 Å². The minimum Gasteiger partial charge on any atom is -0.465 e. The first-order valence-corrected chi connectivity index (χ1v) is 5.37. The standard InChI is InChI=1S/C13H19NO2/c1-9-5-6-11(10(2)7-9)13(3,4)8-14-12(15)16/h5-7,14H,8H2,1-4H3,(H,15,16). The van der Waals surface area contributed by atoms with Crippen LogP contribution in [0.5, 0.6) is 0 Å². The van der Waals surface area contributed by atoms with Gasteiger partial charge in [0.1, 0.15) is 0 Å². The Hall–Kier alpha value is -1.51. The summed E-state index contributed by atoms with van der Waals surface area (Å²) >= 11 is 0. The number of hydrogen-bond donors (Lipinski definition) is 2. The summed E-state index contributed by atoms with van der Waals surface area (Å²) in [6.45, 7) is 8.62. The van der Waals surface area contributed by atoms with Gasteiger partial charge in [0, 0.05) is 12.0 Å². The third kappa shape index (κ3) is 2.99. The molecule has 0 spiro atoms. The zero-order valence-corrected chi connectivity index (χ0v) is 10.3. The van der Waals surface area contributed by atoms with Gasteiger partial charge in [-0.2, -0.15) is 0 Å². The fourth-order valence-corrected chi connectivity index (χ4v) is 1.96. The highest BCUT2D eigenvalue weighted by atomic mass is 16.4. The molecule has 0 bridgehead atoms. The molecule has 1 aromatic rings. The van der Waals surface area contributed by atoms with E-state index in [0.717, 1.165) is 0 Å². The van der Waals surface area contributed by atoms with Gasteiger partial charge in [-0.25, -0.2) is 4.79 Å². The SMILES string of the molecule is Cc1ccc(C(C)(C)CNC(=O)O)c(C)c1. The Morgan fingerprint density at radius 2 is 2.00 bits per heavy atom. The molecule has 0 saturated heterocycles. The summed E-state index contributed by atoms with van der Waals surface area (Å²) in [6, 6.07) is 6.26. The summed E-state index contributed by atoms with van der Waals surface area (Å²) < 4.78 is 0. The zero-order valence-electron chi connectivity index (χ0n) is 10.3. The molecule has 0 saturated carbocycles. The first-order chi connectivity index (χ1) is 7.33. The molecular weight excluding hydrogens is 202 g/mol. The fraction of sp³-hybridized carbons (Fsp3) is 0.462. The lowest BCUT2D eigenvalue weighted by Crippen LogP contribution is -2.36. The Labute approximate surface area is 96.5 Å². The number of carboxylic acid groups (broad SMARTS) is 1. The molecule has 0 aliphatic rings. The van der Waals surface area contributed by atoms with E-state index in [2.05, 4.69) is 37.4 Å². The molecule has 0 aromatic heterocycles. The fourth-order valence-electron chi connectivity index (χ4n) is 1.96. The van der Waals surface area contributed by atoms with Crippen LogP contribution in [0.15, 0.2) is 18.2 Å².